The summed E-state index contributed by atoms with van der Waals surface area (Å²) in [4.78, 5) is 13.1. The van der Waals surface area contributed by atoms with Crippen LogP contribution in [0.4, 0.5) is 5.69 Å². The molecule has 4 heteroatoms. The Labute approximate surface area is 160 Å². The highest BCUT2D eigenvalue weighted by atomic mass is 79.9. The molecule has 26 heavy (non-hydrogen) atoms. The van der Waals surface area contributed by atoms with Crippen LogP contribution < -0.4 is 10.1 Å². The minimum atomic E-state index is -0.443. The predicted molar refractivity (Wildman–Crippen MR) is 106 cm³/mol. The Morgan fingerprint density at radius 1 is 0.885 bits per heavy atom. The number of halogens is 1. The molecular formula is C22H16BrNO2. The number of Topliss-reactive ketones (excluding diaryl/α,β-unsaturated/α-hetero) is 1. The Hall–Kier alpha value is -2.85. The second-order valence-electron chi connectivity index (χ2n) is 5.98. The van der Waals surface area contributed by atoms with E-state index in [0.717, 1.165) is 15.7 Å². The Morgan fingerprint density at radius 2 is 1.58 bits per heavy atom. The molecule has 1 heterocycles. The lowest BCUT2D eigenvalue weighted by Gasteiger charge is -2.28. The smallest absolute Gasteiger partial charge is 0.198 e. The fraction of sp³-hybridized carbons (Fsp3) is 0.0455. The van der Waals surface area contributed by atoms with Gasteiger partial charge in [0.25, 0.3) is 0 Å². The minimum Gasteiger partial charge on any atom is -0.480 e. The van der Waals surface area contributed by atoms with E-state index in [1.165, 1.54) is 0 Å². The standard InChI is InChI=1S/C22H16BrNO2/c23-16-10-12-17(13-11-16)24-14-19-21(25)18-8-4-5-9-20(18)26-22(19)15-6-2-1-3-7-15/h1-14,22,24H/b19-14+. The lowest BCUT2D eigenvalue weighted by molar-refractivity contribution is 0.0961. The van der Waals surface area contributed by atoms with Gasteiger partial charge in [-0.05, 0) is 42.0 Å². The molecule has 0 spiro atoms. The number of anilines is 1. The van der Waals surface area contributed by atoms with E-state index in [-0.39, 0.29) is 5.78 Å². The van der Waals surface area contributed by atoms with Gasteiger partial charge in [0.2, 0.25) is 0 Å². The highest BCUT2D eigenvalue weighted by Gasteiger charge is 2.32. The first-order valence-electron chi connectivity index (χ1n) is 8.30. The molecule has 0 bridgehead atoms. The first-order valence-corrected chi connectivity index (χ1v) is 9.09. The van der Waals surface area contributed by atoms with E-state index in [2.05, 4.69) is 21.2 Å². The van der Waals surface area contributed by atoms with Gasteiger partial charge in [-0.2, -0.15) is 0 Å². The summed E-state index contributed by atoms with van der Waals surface area (Å²) in [5, 5.41) is 3.22. The van der Waals surface area contributed by atoms with Crippen molar-refractivity contribution in [1.82, 2.24) is 0 Å². The first kappa shape index (κ1) is 16.6. The van der Waals surface area contributed by atoms with Crippen molar-refractivity contribution in [3.8, 4) is 5.75 Å². The van der Waals surface area contributed by atoms with Crippen molar-refractivity contribution >= 4 is 27.4 Å². The molecule has 0 aromatic heterocycles. The van der Waals surface area contributed by atoms with Crippen molar-refractivity contribution < 1.29 is 9.53 Å². The third-order valence-electron chi connectivity index (χ3n) is 4.26. The lowest BCUT2D eigenvalue weighted by atomic mass is 9.91. The molecule has 3 aromatic rings. The number of carbonyl (C=O) groups excluding carboxylic acids is 1. The van der Waals surface area contributed by atoms with E-state index in [0.29, 0.717) is 16.9 Å². The summed E-state index contributed by atoms with van der Waals surface area (Å²) in [5.41, 5.74) is 3.01. The first-order chi connectivity index (χ1) is 12.7. The zero-order chi connectivity index (χ0) is 17.9. The molecular weight excluding hydrogens is 390 g/mol. The summed E-state index contributed by atoms with van der Waals surface area (Å²) in [6.07, 6.45) is 1.31. The SMILES string of the molecule is O=C1/C(=C\Nc2ccc(Br)cc2)C(c2ccccc2)Oc2ccccc21. The third-order valence-corrected chi connectivity index (χ3v) is 4.79. The van der Waals surface area contributed by atoms with Crippen molar-refractivity contribution in [3.63, 3.8) is 0 Å². The summed E-state index contributed by atoms with van der Waals surface area (Å²) >= 11 is 3.42. The Kier molecular flexibility index (Phi) is 4.59. The van der Waals surface area contributed by atoms with Crippen molar-refractivity contribution in [2.45, 2.75) is 6.10 Å². The monoisotopic (exact) mass is 405 g/mol. The average molecular weight is 406 g/mol. The third kappa shape index (κ3) is 3.28. The predicted octanol–water partition coefficient (Wildman–Crippen LogP) is 5.76. The van der Waals surface area contributed by atoms with Gasteiger partial charge in [0.05, 0.1) is 11.1 Å². The summed E-state index contributed by atoms with van der Waals surface area (Å²) in [6.45, 7) is 0. The fourth-order valence-electron chi connectivity index (χ4n) is 2.95. The van der Waals surface area contributed by atoms with E-state index in [1.807, 2.05) is 72.8 Å². The molecule has 0 fully saturated rings. The van der Waals surface area contributed by atoms with Crippen molar-refractivity contribution in [2.24, 2.45) is 0 Å². The van der Waals surface area contributed by atoms with Gasteiger partial charge in [-0.25, -0.2) is 0 Å². The van der Waals surface area contributed by atoms with Gasteiger partial charge in [-0.3, -0.25) is 4.79 Å². The van der Waals surface area contributed by atoms with E-state index in [4.69, 9.17) is 4.74 Å². The zero-order valence-electron chi connectivity index (χ0n) is 13.9. The van der Waals surface area contributed by atoms with Crippen molar-refractivity contribution in [3.05, 3.63) is 106 Å². The number of carbonyl (C=O) groups is 1. The highest BCUT2D eigenvalue weighted by molar-refractivity contribution is 9.10. The largest absolute Gasteiger partial charge is 0.480 e. The van der Waals surface area contributed by atoms with Crippen molar-refractivity contribution in [2.75, 3.05) is 5.32 Å². The molecule has 1 atom stereocenters. The van der Waals surface area contributed by atoms with E-state index < -0.39 is 6.10 Å². The van der Waals surface area contributed by atoms with Crippen LogP contribution in [0, 0.1) is 0 Å². The van der Waals surface area contributed by atoms with Gasteiger partial charge in [-0.1, -0.05) is 58.4 Å². The Morgan fingerprint density at radius 3 is 2.35 bits per heavy atom. The van der Waals surface area contributed by atoms with E-state index >= 15 is 0 Å². The molecule has 1 unspecified atom stereocenters. The van der Waals surface area contributed by atoms with E-state index in [9.17, 15) is 4.79 Å². The maximum atomic E-state index is 13.1. The number of ketones is 1. The normalized spacial score (nSPS) is 17.5. The number of para-hydroxylation sites is 1. The topological polar surface area (TPSA) is 38.3 Å². The molecule has 1 aliphatic rings. The number of hydrogen-bond acceptors (Lipinski definition) is 3. The van der Waals surface area contributed by atoms with Crippen LogP contribution >= 0.6 is 15.9 Å². The van der Waals surface area contributed by atoms with Crippen LogP contribution in [0.2, 0.25) is 0 Å². The molecule has 0 saturated heterocycles. The maximum absolute atomic E-state index is 13.1. The molecule has 3 aromatic carbocycles. The summed E-state index contributed by atoms with van der Waals surface area (Å²) in [7, 11) is 0. The van der Waals surface area contributed by atoms with Gasteiger partial charge in [0.1, 0.15) is 5.75 Å². The fourth-order valence-corrected chi connectivity index (χ4v) is 3.21. The molecule has 4 rings (SSSR count). The highest BCUT2D eigenvalue weighted by Crippen LogP contribution is 2.38. The second-order valence-corrected chi connectivity index (χ2v) is 6.90. The van der Waals surface area contributed by atoms with Crippen LogP contribution in [-0.2, 0) is 0 Å². The molecule has 128 valence electrons. The van der Waals surface area contributed by atoms with Crippen LogP contribution in [0.15, 0.2) is 95.1 Å². The maximum Gasteiger partial charge on any atom is 0.198 e. The molecule has 0 saturated carbocycles. The van der Waals surface area contributed by atoms with Crippen LogP contribution in [-0.4, -0.2) is 5.78 Å². The van der Waals surface area contributed by atoms with Gasteiger partial charge >= 0.3 is 0 Å². The number of ether oxygens (including phenoxy) is 1. The minimum absolute atomic E-state index is 0.0229. The molecule has 0 amide bonds. The summed E-state index contributed by atoms with van der Waals surface area (Å²) < 4.78 is 7.18. The lowest BCUT2D eigenvalue weighted by Crippen LogP contribution is -2.24. The van der Waals surface area contributed by atoms with Crippen LogP contribution in [0.3, 0.4) is 0 Å². The molecule has 0 aliphatic carbocycles. The quantitative estimate of drug-likeness (QED) is 0.562. The van der Waals surface area contributed by atoms with Crippen LogP contribution in [0.1, 0.15) is 22.0 Å². The second kappa shape index (κ2) is 7.18. The van der Waals surface area contributed by atoms with Gasteiger partial charge in [0, 0.05) is 16.4 Å². The van der Waals surface area contributed by atoms with Gasteiger partial charge in [-0.15, -0.1) is 0 Å². The van der Waals surface area contributed by atoms with Gasteiger partial charge < -0.3 is 10.1 Å². The van der Waals surface area contributed by atoms with E-state index in [1.54, 1.807) is 12.3 Å². The Balaban J connectivity index is 1.74. The number of fused-ring (bicyclic) bond motifs is 1. The summed E-state index contributed by atoms with van der Waals surface area (Å²) in [5.74, 6) is 0.595. The Bertz CT molecular complexity index is 965. The average Bonchev–Trinajstić information content (AvgIpc) is 2.69. The van der Waals surface area contributed by atoms with Crippen LogP contribution in [0.25, 0.3) is 0 Å². The molecule has 1 aliphatic heterocycles. The number of hydrogen-bond donors (Lipinski definition) is 1. The summed E-state index contributed by atoms with van der Waals surface area (Å²) in [6, 6.07) is 24.9. The van der Waals surface area contributed by atoms with Gasteiger partial charge in [0.15, 0.2) is 11.9 Å². The number of benzene rings is 3. The number of nitrogens with one attached hydrogen (secondary N) is 1. The molecule has 0 radical (unpaired) electrons. The molecule has 3 nitrogen and oxygen atoms in total. The van der Waals surface area contributed by atoms with Crippen molar-refractivity contribution in [1.29, 1.82) is 0 Å². The number of rotatable bonds is 3. The van der Waals surface area contributed by atoms with Crippen LogP contribution in [0.5, 0.6) is 5.75 Å². The molecule has 1 N–H and O–H groups in total. The zero-order valence-corrected chi connectivity index (χ0v) is 15.4.